The Morgan fingerprint density at radius 3 is 2.40 bits per heavy atom. The van der Waals surface area contributed by atoms with Gasteiger partial charge in [0.05, 0.1) is 23.8 Å². The molecule has 1 amide bonds. The molecule has 2 aromatic carbocycles. The van der Waals surface area contributed by atoms with Gasteiger partial charge < -0.3 is 14.8 Å². The van der Waals surface area contributed by atoms with Gasteiger partial charge in [0.15, 0.2) is 0 Å². The zero-order valence-electron chi connectivity index (χ0n) is 17.3. The summed E-state index contributed by atoms with van der Waals surface area (Å²) < 4.78 is 52.0. The molecule has 0 atom stereocenters. The number of ether oxygens (including phenoxy) is 2. The van der Waals surface area contributed by atoms with Crippen molar-refractivity contribution in [3.05, 3.63) is 54.3 Å². The minimum Gasteiger partial charge on any atom is -0.497 e. The van der Waals surface area contributed by atoms with Crippen LogP contribution >= 0.6 is 0 Å². The maximum atomic E-state index is 14.4. The molecule has 164 valence electrons. The van der Waals surface area contributed by atoms with Crippen molar-refractivity contribution < 1.29 is 27.1 Å². The van der Waals surface area contributed by atoms with Gasteiger partial charge in [-0.15, -0.1) is 0 Å². The molecule has 0 spiro atoms. The SMILES string of the molecule is COc1ccc(S(=O)(=O)N(CC(=O)NCCCOC(C)C)c2ccccc2F)cc1. The molecule has 0 heterocycles. The summed E-state index contributed by atoms with van der Waals surface area (Å²) in [6, 6.07) is 11.1. The van der Waals surface area contributed by atoms with E-state index in [0.717, 1.165) is 10.4 Å². The average Bonchev–Trinajstić information content (AvgIpc) is 2.72. The molecule has 0 radical (unpaired) electrons. The molecule has 0 aliphatic heterocycles. The molecule has 0 aliphatic carbocycles. The Bertz CT molecular complexity index is 933. The molecule has 0 unspecified atom stereocenters. The minimum absolute atomic E-state index is 0.0790. The van der Waals surface area contributed by atoms with E-state index in [1.807, 2.05) is 13.8 Å². The molecule has 0 saturated carbocycles. The van der Waals surface area contributed by atoms with Crippen LogP contribution in [0.5, 0.6) is 5.75 Å². The van der Waals surface area contributed by atoms with Gasteiger partial charge in [0.1, 0.15) is 18.1 Å². The van der Waals surface area contributed by atoms with Crippen LogP contribution in [-0.2, 0) is 19.6 Å². The second-order valence-electron chi connectivity index (χ2n) is 6.76. The number of carbonyl (C=O) groups excluding carboxylic acids is 1. The summed E-state index contributed by atoms with van der Waals surface area (Å²) >= 11 is 0. The summed E-state index contributed by atoms with van der Waals surface area (Å²) in [5.41, 5.74) is -0.202. The molecule has 0 fully saturated rings. The van der Waals surface area contributed by atoms with Crippen LogP contribution in [0.3, 0.4) is 0 Å². The molecule has 1 N–H and O–H groups in total. The Balaban J connectivity index is 2.21. The number of hydrogen-bond acceptors (Lipinski definition) is 5. The predicted molar refractivity (Wildman–Crippen MR) is 113 cm³/mol. The third-order valence-electron chi connectivity index (χ3n) is 4.15. The normalized spacial score (nSPS) is 11.4. The third-order valence-corrected chi connectivity index (χ3v) is 5.92. The summed E-state index contributed by atoms with van der Waals surface area (Å²) in [6.07, 6.45) is 0.668. The highest BCUT2D eigenvalue weighted by atomic mass is 32.2. The Hall–Kier alpha value is -2.65. The quantitative estimate of drug-likeness (QED) is 0.545. The topological polar surface area (TPSA) is 84.9 Å². The number of halogens is 1. The lowest BCUT2D eigenvalue weighted by Gasteiger charge is -2.24. The Morgan fingerprint density at radius 2 is 1.80 bits per heavy atom. The number of methoxy groups -OCH3 is 1. The van der Waals surface area contributed by atoms with Gasteiger partial charge in [-0.2, -0.15) is 0 Å². The number of nitrogens with zero attached hydrogens (tertiary/aromatic N) is 1. The maximum Gasteiger partial charge on any atom is 0.264 e. The first-order valence-corrected chi connectivity index (χ1v) is 11.0. The second kappa shape index (κ2) is 10.9. The number of nitrogens with one attached hydrogen (secondary N) is 1. The minimum atomic E-state index is -4.19. The Morgan fingerprint density at radius 1 is 1.13 bits per heavy atom. The smallest absolute Gasteiger partial charge is 0.264 e. The van der Waals surface area contributed by atoms with E-state index in [9.17, 15) is 17.6 Å². The summed E-state index contributed by atoms with van der Waals surface area (Å²) in [5.74, 6) is -0.805. The molecule has 0 aliphatic rings. The summed E-state index contributed by atoms with van der Waals surface area (Å²) in [5, 5.41) is 2.65. The van der Waals surface area contributed by atoms with Crippen LogP contribution in [0.4, 0.5) is 10.1 Å². The standard InChI is InChI=1S/C21H27FN2O5S/c1-16(2)29-14-6-13-23-21(25)15-24(20-8-5-4-7-19(20)22)30(26,27)18-11-9-17(28-3)10-12-18/h4-5,7-12,16H,6,13-15H2,1-3H3,(H,23,25). The number of anilines is 1. The van der Waals surface area contributed by atoms with Gasteiger partial charge in [-0.3, -0.25) is 9.10 Å². The van der Waals surface area contributed by atoms with E-state index < -0.39 is 28.3 Å². The number of hydrogen-bond donors (Lipinski definition) is 1. The van der Waals surface area contributed by atoms with E-state index >= 15 is 0 Å². The number of para-hydroxylation sites is 1. The number of benzene rings is 2. The Labute approximate surface area is 176 Å². The molecule has 7 nitrogen and oxygen atoms in total. The van der Waals surface area contributed by atoms with Crippen LogP contribution in [-0.4, -0.2) is 47.2 Å². The van der Waals surface area contributed by atoms with Crippen LogP contribution in [0.15, 0.2) is 53.4 Å². The highest BCUT2D eigenvalue weighted by molar-refractivity contribution is 7.92. The van der Waals surface area contributed by atoms with Gasteiger partial charge in [-0.1, -0.05) is 12.1 Å². The lowest BCUT2D eigenvalue weighted by atomic mass is 10.3. The van der Waals surface area contributed by atoms with Crippen LogP contribution in [0.1, 0.15) is 20.3 Å². The van der Waals surface area contributed by atoms with Gasteiger partial charge in [0.2, 0.25) is 5.91 Å². The van der Waals surface area contributed by atoms with Crippen molar-refractivity contribution in [2.75, 3.05) is 31.1 Å². The van der Waals surface area contributed by atoms with E-state index in [0.29, 0.717) is 25.3 Å². The average molecular weight is 439 g/mol. The van der Waals surface area contributed by atoms with Crippen LogP contribution in [0.25, 0.3) is 0 Å². The highest BCUT2D eigenvalue weighted by Gasteiger charge is 2.29. The van der Waals surface area contributed by atoms with E-state index in [2.05, 4.69) is 5.32 Å². The van der Waals surface area contributed by atoms with Gasteiger partial charge in [0, 0.05) is 13.2 Å². The van der Waals surface area contributed by atoms with Crippen molar-refractivity contribution in [3.63, 3.8) is 0 Å². The fourth-order valence-electron chi connectivity index (χ4n) is 2.63. The second-order valence-corrected chi connectivity index (χ2v) is 8.62. The van der Waals surface area contributed by atoms with Crippen LogP contribution in [0.2, 0.25) is 0 Å². The fourth-order valence-corrected chi connectivity index (χ4v) is 4.06. The van der Waals surface area contributed by atoms with Crippen molar-refractivity contribution in [2.45, 2.75) is 31.3 Å². The van der Waals surface area contributed by atoms with Gasteiger partial charge in [-0.05, 0) is 56.7 Å². The number of carbonyl (C=O) groups is 1. The van der Waals surface area contributed by atoms with Gasteiger partial charge in [-0.25, -0.2) is 12.8 Å². The predicted octanol–water partition coefficient (Wildman–Crippen LogP) is 2.96. The first-order valence-electron chi connectivity index (χ1n) is 9.55. The summed E-state index contributed by atoms with van der Waals surface area (Å²) in [4.78, 5) is 12.3. The van der Waals surface area contributed by atoms with Gasteiger partial charge in [0.25, 0.3) is 10.0 Å². The van der Waals surface area contributed by atoms with Crippen LogP contribution in [0, 0.1) is 5.82 Å². The summed E-state index contributed by atoms with van der Waals surface area (Å²) in [7, 11) is -2.73. The molecule has 0 bridgehead atoms. The molecule has 9 heteroatoms. The van der Waals surface area contributed by atoms with E-state index in [-0.39, 0.29) is 16.7 Å². The van der Waals surface area contributed by atoms with Crippen molar-refractivity contribution in [1.29, 1.82) is 0 Å². The summed E-state index contributed by atoms with van der Waals surface area (Å²) in [6.45, 7) is 4.06. The number of sulfonamides is 1. The van der Waals surface area contributed by atoms with Crippen molar-refractivity contribution in [2.24, 2.45) is 0 Å². The molecular formula is C21H27FN2O5S. The fraction of sp³-hybridized carbons (Fsp3) is 0.381. The van der Waals surface area contributed by atoms with Crippen LogP contribution < -0.4 is 14.4 Å². The van der Waals surface area contributed by atoms with E-state index in [1.54, 1.807) is 0 Å². The molecule has 2 rings (SSSR count). The zero-order valence-corrected chi connectivity index (χ0v) is 18.1. The number of rotatable bonds is 11. The first-order chi connectivity index (χ1) is 14.3. The molecule has 30 heavy (non-hydrogen) atoms. The lowest BCUT2D eigenvalue weighted by Crippen LogP contribution is -2.41. The van der Waals surface area contributed by atoms with E-state index in [4.69, 9.17) is 9.47 Å². The maximum absolute atomic E-state index is 14.4. The van der Waals surface area contributed by atoms with Crippen molar-refractivity contribution in [1.82, 2.24) is 5.32 Å². The zero-order chi connectivity index (χ0) is 22.1. The van der Waals surface area contributed by atoms with E-state index in [1.165, 1.54) is 49.6 Å². The van der Waals surface area contributed by atoms with Crippen molar-refractivity contribution >= 4 is 21.6 Å². The third kappa shape index (κ3) is 6.43. The lowest BCUT2D eigenvalue weighted by molar-refractivity contribution is -0.119. The first kappa shape index (κ1) is 23.6. The molecule has 2 aromatic rings. The Kier molecular flexibility index (Phi) is 8.61. The molecular weight excluding hydrogens is 411 g/mol. The molecule has 0 aromatic heterocycles. The van der Waals surface area contributed by atoms with Crippen molar-refractivity contribution in [3.8, 4) is 5.75 Å². The highest BCUT2D eigenvalue weighted by Crippen LogP contribution is 2.27. The molecule has 0 saturated heterocycles. The largest absolute Gasteiger partial charge is 0.497 e. The number of amides is 1. The van der Waals surface area contributed by atoms with Gasteiger partial charge >= 0.3 is 0 Å². The monoisotopic (exact) mass is 438 g/mol.